The lowest BCUT2D eigenvalue weighted by Crippen LogP contribution is -2.29. The second kappa shape index (κ2) is 8.62. The van der Waals surface area contributed by atoms with Gasteiger partial charge in [-0.15, -0.1) is 0 Å². The topological polar surface area (TPSA) is 55.4 Å². The molecule has 1 N–H and O–H groups in total. The first kappa shape index (κ1) is 15.8. The predicted molar refractivity (Wildman–Crippen MR) is 84.2 cm³/mol. The minimum atomic E-state index is -0.483. The van der Waals surface area contributed by atoms with Gasteiger partial charge >= 0.3 is 6.09 Å². The molecule has 1 amide bonds. The number of hydrogen-bond acceptors (Lipinski definition) is 3. The predicted octanol–water partition coefficient (Wildman–Crippen LogP) is 3.63. The van der Waals surface area contributed by atoms with Gasteiger partial charge in [0.05, 0.1) is 6.04 Å². The van der Waals surface area contributed by atoms with E-state index >= 15 is 0 Å². The van der Waals surface area contributed by atoms with E-state index in [4.69, 9.17) is 4.74 Å². The van der Waals surface area contributed by atoms with Crippen molar-refractivity contribution in [1.29, 1.82) is 0 Å². The van der Waals surface area contributed by atoms with E-state index in [2.05, 4.69) is 5.32 Å². The van der Waals surface area contributed by atoms with Crippen LogP contribution in [0.1, 0.15) is 30.0 Å². The first-order chi connectivity index (χ1) is 10.8. The number of nitrogens with one attached hydrogen (secondary N) is 1. The van der Waals surface area contributed by atoms with Crippen LogP contribution in [-0.2, 0) is 16.1 Å². The van der Waals surface area contributed by atoms with E-state index in [0.717, 1.165) is 17.4 Å². The Hall–Kier alpha value is -2.62. The highest BCUT2D eigenvalue weighted by Gasteiger charge is 2.14. The first-order valence-electron chi connectivity index (χ1n) is 7.25. The Morgan fingerprint density at radius 3 is 2.32 bits per heavy atom. The highest BCUT2D eigenvalue weighted by atomic mass is 16.5. The molecule has 0 bridgehead atoms. The standard InChI is InChI=1S/C18H19NO3/c20-13-7-12-17(16-10-5-2-6-11-16)19-18(21)22-14-15-8-3-1-4-9-15/h1-6,8-11,13,17H,7,12,14H2,(H,19,21)/t17-/m1/s1. The van der Waals surface area contributed by atoms with Gasteiger partial charge in [-0.1, -0.05) is 60.7 Å². The van der Waals surface area contributed by atoms with Crippen LogP contribution in [0.25, 0.3) is 0 Å². The molecule has 0 aliphatic heterocycles. The van der Waals surface area contributed by atoms with Crippen LogP contribution in [0, 0.1) is 0 Å². The summed E-state index contributed by atoms with van der Waals surface area (Å²) < 4.78 is 5.22. The van der Waals surface area contributed by atoms with Crippen molar-refractivity contribution in [3.05, 3.63) is 71.8 Å². The third kappa shape index (κ3) is 5.05. The molecule has 0 fully saturated rings. The third-order valence-corrected chi connectivity index (χ3v) is 3.28. The largest absolute Gasteiger partial charge is 0.445 e. The summed E-state index contributed by atoms with van der Waals surface area (Å²) in [4.78, 5) is 22.5. The van der Waals surface area contributed by atoms with Gasteiger partial charge in [-0.2, -0.15) is 0 Å². The molecular weight excluding hydrogens is 278 g/mol. The minimum Gasteiger partial charge on any atom is -0.445 e. The van der Waals surface area contributed by atoms with Crippen molar-refractivity contribution in [2.45, 2.75) is 25.5 Å². The summed E-state index contributed by atoms with van der Waals surface area (Å²) in [5.41, 5.74) is 1.89. The third-order valence-electron chi connectivity index (χ3n) is 3.28. The van der Waals surface area contributed by atoms with Crippen LogP contribution in [0.5, 0.6) is 0 Å². The zero-order valence-electron chi connectivity index (χ0n) is 12.3. The molecule has 0 radical (unpaired) electrons. The average Bonchev–Trinajstić information content (AvgIpc) is 2.58. The van der Waals surface area contributed by atoms with Crippen LogP contribution in [0.15, 0.2) is 60.7 Å². The summed E-state index contributed by atoms with van der Waals surface area (Å²) in [6.07, 6.45) is 1.31. The Labute approximate surface area is 130 Å². The van der Waals surface area contributed by atoms with Crippen molar-refractivity contribution in [1.82, 2.24) is 5.32 Å². The maximum Gasteiger partial charge on any atom is 0.407 e. The van der Waals surface area contributed by atoms with Crippen LogP contribution in [0.3, 0.4) is 0 Å². The van der Waals surface area contributed by atoms with E-state index in [0.29, 0.717) is 12.8 Å². The molecule has 0 spiro atoms. The molecule has 0 saturated carbocycles. The van der Waals surface area contributed by atoms with Crippen LogP contribution in [0.4, 0.5) is 4.79 Å². The number of hydrogen-bond donors (Lipinski definition) is 1. The van der Waals surface area contributed by atoms with E-state index in [1.54, 1.807) is 0 Å². The molecule has 2 aromatic carbocycles. The van der Waals surface area contributed by atoms with Gasteiger partial charge in [-0.05, 0) is 17.5 Å². The average molecular weight is 297 g/mol. The van der Waals surface area contributed by atoms with Crippen molar-refractivity contribution in [3.63, 3.8) is 0 Å². The molecule has 4 heteroatoms. The van der Waals surface area contributed by atoms with Crippen molar-refractivity contribution in [3.8, 4) is 0 Å². The minimum absolute atomic E-state index is 0.224. The van der Waals surface area contributed by atoms with Gasteiger partial charge in [0.2, 0.25) is 0 Å². The van der Waals surface area contributed by atoms with Crippen LogP contribution >= 0.6 is 0 Å². The molecule has 0 heterocycles. The summed E-state index contributed by atoms with van der Waals surface area (Å²) in [6, 6.07) is 18.8. The molecule has 0 aromatic heterocycles. The second-order valence-electron chi connectivity index (χ2n) is 4.91. The number of aldehydes is 1. The Kier molecular flexibility index (Phi) is 6.18. The monoisotopic (exact) mass is 297 g/mol. The van der Waals surface area contributed by atoms with E-state index in [9.17, 15) is 9.59 Å². The molecule has 0 unspecified atom stereocenters. The second-order valence-corrected chi connectivity index (χ2v) is 4.91. The van der Waals surface area contributed by atoms with Crippen LogP contribution in [-0.4, -0.2) is 12.4 Å². The quantitative estimate of drug-likeness (QED) is 0.794. The number of rotatable bonds is 7. The van der Waals surface area contributed by atoms with Gasteiger partial charge in [-0.25, -0.2) is 4.79 Å². The van der Waals surface area contributed by atoms with Gasteiger partial charge in [0.1, 0.15) is 12.9 Å². The fourth-order valence-corrected chi connectivity index (χ4v) is 2.15. The van der Waals surface area contributed by atoms with Gasteiger partial charge in [0.15, 0.2) is 0 Å². The van der Waals surface area contributed by atoms with E-state index in [1.165, 1.54) is 0 Å². The molecule has 1 atom stereocenters. The fourth-order valence-electron chi connectivity index (χ4n) is 2.15. The summed E-state index contributed by atoms with van der Waals surface area (Å²) in [5, 5.41) is 2.82. The summed E-state index contributed by atoms with van der Waals surface area (Å²) in [7, 11) is 0. The number of ether oxygens (including phenoxy) is 1. The SMILES string of the molecule is O=CCC[C@@H](NC(=O)OCc1ccccc1)c1ccccc1. The lowest BCUT2D eigenvalue weighted by Gasteiger charge is -2.18. The molecular formula is C18H19NO3. The Balaban J connectivity index is 1.91. The van der Waals surface area contributed by atoms with Crippen molar-refractivity contribution >= 4 is 12.4 Å². The van der Waals surface area contributed by atoms with Gasteiger partial charge in [0.25, 0.3) is 0 Å². The molecule has 114 valence electrons. The number of carbonyl (C=O) groups is 2. The van der Waals surface area contributed by atoms with E-state index < -0.39 is 6.09 Å². The Bertz CT molecular complexity index is 584. The zero-order chi connectivity index (χ0) is 15.6. The highest BCUT2D eigenvalue weighted by molar-refractivity contribution is 5.68. The summed E-state index contributed by atoms with van der Waals surface area (Å²) >= 11 is 0. The lowest BCUT2D eigenvalue weighted by molar-refractivity contribution is -0.108. The lowest BCUT2D eigenvalue weighted by atomic mass is 10.0. The molecule has 0 aliphatic rings. The van der Waals surface area contributed by atoms with Crippen molar-refractivity contribution in [2.24, 2.45) is 0 Å². The van der Waals surface area contributed by atoms with Gasteiger partial charge in [-0.3, -0.25) is 0 Å². The number of amides is 1. The number of carbonyl (C=O) groups excluding carboxylic acids is 2. The normalized spacial score (nSPS) is 11.5. The Morgan fingerprint density at radius 2 is 1.68 bits per heavy atom. The van der Waals surface area contributed by atoms with E-state index in [-0.39, 0.29) is 12.6 Å². The van der Waals surface area contributed by atoms with Crippen LogP contribution in [0.2, 0.25) is 0 Å². The molecule has 2 aromatic rings. The maximum atomic E-state index is 11.9. The molecule has 22 heavy (non-hydrogen) atoms. The molecule has 4 nitrogen and oxygen atoms in total. The Morgan fingerprint density at radius 1 is 1.05 bits per heavy atom. The van der Waals surface area contributed by atoms with Crippen molar-refractivity contribution < 1.29 is 14.3 Å². The summed E-state index contributed by atoms with van der Waals surface area (Å²) in [5.74, 6) is 0. The summed E-state index contributed by atoms with van der Waals surface area (Å²) in [6.45, 7) is 0.224. The zero-order valence-corrected chi connectivity index (χ0v) is 12.3. The molecule has 0 saturated heterocycles. The van der Waals surface area contributed by atoms with Crippen LogP contribution < -0.4 is 5.32 Å². The number of alkyl carbamates (subject to hydrolysis) is 1. The van der Waals surface area contributed by atoms with Gasteiger partial charge < -0.3 is 14.8 Å². The highest BCUT2D eigenvalue weighted by Crippen LogP contribution is 2.18. The number of benzene rings is 2. The van der Waals surface area contributed by atoms with Crippen molar-refractivity contribution in [2.75, 3.05) is 0 Å². The smallest absolute Gasteiger partial charge is 0.407 e. The fraction of sp³-hybridized carbons (Fsp3) is 0.222. The van der Waals surface area contributed by atoms with E-state index in [1.807, 2.05) is 60.7 Å². The molecule has 0 aliphatic carbocycles. The maximum absolute atomic E-state index is 11.9. The first-order valence-corrected chi connectivity index (χ1v) is 7.25. The van der Waals surface area contributed by atoms with Gasteiger partial charge in [0, 0.05) is 6.42 Å². The molecule has 2 rings (SSSR count).